The summed E-state index contributed by atoms with van der Waals surface area (Å²) in [6.07, 6.45) is 1.74. The molecule has 0 bridgehead atoms. The Morgan fingerprint density at radius 2 is 1.61 bits per heavy atom. The fourth-order valence-electron chi connectivity index (χ4n) is 3.89. The third-order valence-electron chi connectivity index (χ3n) is 5.75. The topological polar surface area (TPSA) is 89.5 Å². The minimum atomic E-state index is -0.498. The molecule has 3 rings (SSSR count). The molecule has 1 amide bonds. The number of nitrogens with one attached hydrogen (secondary N) is 2. The number of aromatic nitrogens is 1. The molecule has 0 aliphatic carbocycles. The van der Waals surface area contributed by atoms with Crippen molar-refractivity contribution in [1.29, 1.82) is 0 Å². The van der Waals surface area contributed by atoms with Gasteiger partial charge in [0.2, 0.25) is 5.91 Å². The zero-order chi connectivity index (χ0) is 26.6. The molecular weight excluding hydrogens is 454 g/mol. The molecule has 1 aromatic heterocycles. The Balaban J connectivity index is 2.09. The Hall–Kier alpha value is -3.87. The average molecular weight is 490 g/mol. The van der Waals surface area contributed by atoms with E-state index in [9.17, 15) is 9.59 Å². The zero-order valence-electron chi connectivity index (χ0n) is 22.3. The number of ether oxygens (including phenoxy) is 2. The van der Waals surface area contributed by atoms with Gasteiger partial charge in [-0.15, -0.1) is 0 Å². The quantitative estimate of drug-likeness (QED) is 0.377. The van der Waals surface area contributed by atoms with Gasteiger partial charge in [0.25, 0.3) is 0 Å². The van der Waals surface area contributed by atoms with Crippen LogP contribution >= 0.6 is 0 Å². The number of nitrogens with zero attached hydrogens (tertiary/aromatic N) is 1. The summed E-state index contributed by atoms with van der Waals surface area (Å²) in [6.45, 7) is 11.6. The van der Waals surface area contributed by atoms with E-state index in [-0.39, 0.29) is 11.9 Å². The van der Waals surface area contributed by atoms with Gasteiger partial charge in [-0.1, -0.05) is 32.9 Å². The van der Waals surface area contributed by atoms with Gasteiger partial charge >= 0.3 is 5.97 Å². The van der Waals surface area contributed by atoms with Crippen LogP contribution in [0.2, 0.25) is 0 Å². The highest BCUT2D eigenvalue weighted by Gasteiger charge is 2.24. The van der Waals surface area contributed by atoms with E-state index >= 15 is 0 Å². The smallest absolute Gasteiger partial charge is 0.338 e. The second-order valence-corrected chi connectivity index (χ2v) is 10.0. The summed E-state index contributed by atoms with van der Waals surface area (Å²) in [6, 6.07) is 13.3. The number of hydrogen-bond donors (Lipinski definition) is 2. The summed E-state index contributed by atoms with van der Waals surface area (Å²) in [5, 5.41) is 6.20. The third-order valence-corrected chi connectivity index (χ3v) is 5.75. The van der Waals surface area contributed by atoms with Crippen molar-refractivity contribution in [2.75, 3.05) is 24.9 Å². The molecule has 190 valence electrons. The lowest BCUT2D eigenvalue weighted by molar-refractivity contribution is -0.123. The maximum Gasteiger partial charge on any atom is 0.338 e. The fraction of sp³-hybridized carbons (Fsp3) is 0.345. The number of methoxy groups -OCH3 is 2. The summed E-state index contributed by atoms with van der Waals surface area (Å²) in [4.78, 5) is 29.7. The van der Waals surface area contributed by atoms with Gasteiger partial charge in [0.1, 0.15) is 11.6 Å². The monoisotopic (exact) mass is 489 g/mol. The largest absolute Gasteiger partial charge is 0.496 e. The van der Waals surface area contributed by atoms with E-state index in [0.29, 0.717) is 22.6 Å². The minimum absolute atomic E-state index is 0.0655. The van der Waals surface area contributed by atoms with E-state index in [1.54, 1.807) is 19.4 Å². The van der Waals surface area contributed by atoms with Crippen molar-refractivity contribution < 1.29 is 19.1 Å². The molecule has 0 radical (unpaired) electrons. The second kappa shape index (κ2) is 10.8. The molecule has 0 atom stereocenters. The van der Waals surface area contributed by atoms with Gasteiger partial charge < -0.3 is 20.1 Å². The lowest BCUT2D eigenvalue weighted by Crippen LogP contribution is -2.27. The normalized spacial score (nSPS) is 11.2. The number of carbonyl (C=O) groups is 2. The molecule has 0 aliphatic rings. The second-order valence-electron chi connectivity index (χ2n) is 10.0. The number of carbonyl (C=O) groups excluding carboxylic acids is 2. The van der Waals surface area contributed by atoms with Crippen molar-refractivity contribution in [1.82, 2.24) is 4.98 Å². The number of pyridine rings is 1. The maximum absolute atomic E-state index is 12.9. The van der Waals surface area contributed by atoms with Crippen LogP contribution in [-0.4, -0.2) is 37.1 Å². The Bertz CT molecular complexity index is 1240. The molecule has 0 aliphatic heterocycles. The summed E-state index contributed by atoms with van der Waals surface area (Å²) in [7, 11) is 2.98. The lowest BCUT2D eigenvalue weighted by Gasteiger charge is -2.20. The van der Waals surface area contributed by atoms with Gasteiger partial charge in [0.05, 0.1) is 19.8 Å². The fourth-order valence-corrected chi connectivity index (χ4v) is 3.89. The molecule has 0 unspecified atom stereocenters. The van der Waals surface area contributed by atoms with Crippen LogP contribution in [0.3, 0.4) is 0 Å². The van der Waals surface area contributed by atoms with Crippen LogP contribution in [0.25, 0.3) is 22.3 Å². The molecule has 3 aromatic rings. The Morgan fingerprint density at radius 1 is 0.972 bits per heavy atom. The number of esters is 1. The number of hydrogen-bond acceptors (Lipinski definition) is 6. The summed E-state index contributed by atoms with van der Waals surface area (Å²) in [5.41, 5.74) is 4.50. The first-order valence-electron chi connectivity index (χ1n) is 11.9. The van der Waals surface area contributed by atoms with Crippen molar-refractivity contribution in [2.24, 2.45) is 5.41 Å². The van der Waals surface area contributed by atoms with Crippen molar-refractivity contribution in [3.8, 4) is 28.0 Å². The van der Waals surface area contributed by atoms with E-state index in [4.69, 9.17) is 9.47 Å². The highest BCUT2D eigenvalue weighted by atomic mass is 16.5. The van der Waals surface area contributed by atoms with Crippen molar-refractivity contribution in [2.45, 2.75) is 47.6 Å². The molecule has 36 heavy (non-hydrogen) atoms. The van der Waals surface area contributed by atoms with E-state index in [0.717, 1.165) is 28.1 Å². The first kappa shape index (κ1) is 26.7. The standard InChI is InChI=1S/C29H35N3O4/c1-17(2)31-24-14-11-20(16-30-24)25-18(3)26(35-7)22(15-23(25)27(33)36-8)19-9-12-21(13-10-19)32-28(34)29(4,5)6/h9-17H,1-8H3,(H,30,31)(H,32,34). The van der Waals surface area contributed by atoms with E-state index in [2.05, 4.69) is 15.6 Å². The number of benzene rings is 2. The molecule has 7 heteroatoms. The molecule has 0 fully saturated rings. The van der Waals surface area contributed by atoms with Crippen LogP contribution in [-0.2, 0) is 9.53 Å². The van der Waals surface area contributed by atoms with Crippen LogP contribution < -0.4 is 15.4 Å². The molecule has 0 saturated heterocycles. The van der Waals surface area contributed by atoms with Gasteiger partial charge in [-0.2, -0.15) is 0 Å². The van der Waals surface area contributed by atoms with Crippen LogP contribution in [0, 0.1) is 12.3 Å². The Morgan fingerprint density at radius 3 is 2.11 bits per heavy atom. The molecule has 2 N–H and O–H groups in total. The van der Waals surface area contributed by atoms with E-state index < -0.39 is 11.4 Å². The third kappa shape index (κ3) is 5.85. The van der Waals surface area contributed by atoms with E-state index in [1.165, 1.54) is 7.11 Å². The minimum Gasteiger partial charge on any atom is -0.496 e. The van der Waals surface area contributed by atoms with Gasteiger partial charge in [-0.3, -0.25) is 4.79 Å². The van der Waals surface area contributed by atoms with Gasteiger partial charge in [-0.05, 0) is 56.7 Å². The highest BCUT2D eigenvalue weighted by molar-refractivity contribution is 6.01. The van der Waals surface area contributed by atoms with Gasteiger partial charge in [0.15, 0.2) is 0 Å². The molecule has 0 spiro atoms. The first-order chi connectivity index (χ1) is 17.0. The molecular formula is C29H35N3O4. The molecule has 2 aromatic carbocycles. The van der Waals surface area contributed by atoms with Gasteiger partial charge in [0, 0.05) is 45.6 Å². The summed E-state index contributed by atoms with van der Waals surface area (Å²) in [5.74, 6) is 0.890. The number of amides is 1. The lowest BCUT2D eigenvalue weighted by atomic mass is 9.90. The SMILES string of the molecule is COC(=O)c1cc(-c2ccc(NC(=O)C(C)(C)C)cc2)c(OC)c(C)c1-c1ccc(NC(C)C)nc1. The molecule has 0 saturated carbocycles. The van der Waals surface area contributed by atoms with Crippen LogP contribution in [0.15, 0.2) is 48.7 Å². The van der Waals surface area contributed by atoms with E-state index in [1.807, 2.05) is 77.9 Å². The average Bonchev–Trinajstić information content (AvgIpc) is 2.83. The van der Waals surface area contributed by atoms with Crippen LogP contribution in [0.1, 0.15) is 50.5 Å². The Labute approximate surface area is 213 Å². The molecule has 1 heterocycles. The summed E-state index contributed by atoms with van der Waals surface area (Å²) < 4.78 is 11.0. The summed E-state index contributed by atoms with van der Waals surface area (Å²) >= 11 is 0. The van der Waals surface area contributed by atoms with Crippen LogP contribution in [0.4, 0.5) is 11.5 Å². The predicted octanol–water partition coefficient (Wildman–Crippen LogP) is 6.32. The van der Waals surface area contributed by atoms with Crippen LogP contribution in [0.5, 0.6) is 5.75 Å². The van der Waals surface area contributed by atoms with Crippen molar-refractivity contribution in [3.05, 3.63) is 59.8 Å². The zero-order valence-corrected chi connectivity index (χ0v) is 22.3. The van der Waals surface area contributed by atoms with Crippen molar-refractivity contribution >= 4 is 23.4 Å². The number of rotatable bonds is 7. The molecule has 7 nitrogen and oxygen atoms in total. The van der Waals surface area contributed by atoms with Crippen molar-refractivity contribution in [3.63, 3.8) is 0 Å². The predicted molar refractivity (Wildman–Crippen MR) is 145 cm³/mol. The van der Waals surface area contributed by atoms with Gasteiger partial charge in [-0.25, -0.2) is 9.78 Å². The number of anilines is 2. The maximum atomic E-state index is 12.9. The highest BCUT2D eigenvalue weighted by Crippen LogP contribution is 2.41. The Kier molecular flexibility index (Phi) is 8.03. The first-order valence-corrected chi connectivity index (χ1v) is 11.9.